The first kappa shape index (κ1) is 14.2. The highest BCUT2D eigenvalue weighted by Gasteiger charge is 2.06. The lowest BCUT2D eigenvalue weighted by Gasteiger charge is -2.12. The predicted molar refractivity (Wildman–Crippen MR) is 81.0 cm³/mol. The zero-order valence-electron chi connectivity index (χ0n) is 10.5. The van der Waals surface area contributed by atoms with Gasteiger partial charge >= 0.3 is 0 Å². The molecule has 0 aromatic heterocycles. The van der Waals surface area contributed by atoms with Gasteiger partial charge in [-0.05, 0) is 24.3 Å². The molecule has 0 aliphatic carbocycles. The molecule has 0 heterocycles. The molecule has 2 aromatic carbocycles. The summed E-state index contributed by atoms with van der Waals surface area (Å²) in [5.74, 6) is 2.05. The molecule has 0 bridgehead atoms. The van der Waals surface area contributed by atoms with Gasteiger partial charge in [0, 0.05) is 15.6 Å². The van der Waals surface area contributed by atoms with E-state index in [9.17, 15) is 0 Å². The van der Waals surface area contributed by atoms with Crippen LogP contribution in [0.2, 0.25) is 0 Å². The smallest absolute Gasteiger partial charge is 0.125 e. The summed E-state index contributed by atoms with van der Waals surface area (Å²) in [5.41, 5.74) is 1.97. The van der Waals surface area contributed by atoms with Crippen LogP contribution in [0.4, 0.5) is 0 Å². The second-order valence-corrected chi connectivity index (χ2v) is 5.17. The summed E-state index contributed by atoms with van der Waals surface area (Å²) in [6.07, 6.45) is 0. The molecule has 0 amide bonds. The average molecular weight is 342 g/mol. The van der Waals surface area contributed by atoms with Crippen molar-refractivity contribution in [2.45, 2.75) is 12.5 Å². The molecular formula is C15H14BrClO2. The summed E-state index contributed by atoms with van der Waals surface area (Å²) in [5, 5.41) is 0. The Labute approximate surface area is 126 Å². The van der Waals surface area contributed by atoms with Crippen LogP contribution >= 0.6 is 27.5 Å². The fourth-order valence-corrected chi connectivity index (χ4v) is 2.40. The van der Waals surface area contributed by atoms with Crippen LogP contribution in [0.5, 0.6) is 11.5 Å². The third-order valence-corrected chi connectivity index (χ3v) is 3.52. The molecular weight excluding hydrogens is 328 g/mol. The van der Waals surface area contributed by atoms with Crippen LogP contribution in [0, 0.1) is 0 Å². The van der Waals surface area contributed by atoms with E-state index in [1.807, 2.05) is 42.5 Å². The van der Waals surface area contributed by atoms with E-state index >= 15 is 0 Å². The maximum atomic E-state index is 5.89. The fraction of sp³-hybridized carbons (Fsp3) is 0.200. The lowest BCUT2D eigenvalue weighted by Crippen LogP contribution is -2.00. The molecule has 0 aliphatic heterocycles. The monoisotopic (exact) mass is 340 g/mol. The van der Waals surface area contributed by atoms with Gasteiger partial charge in [0.15, 0.2) is 0 Å². The molecule has 4 heteroatoms. The van der Waals surface area contributed by atoms with E-state index in [1.165, 1.54) is 0 Å². The van der Waals surface area contributed by atoms with Crippen molar-refractivity contribution in [3.63, 3.8) is 0 Å². The number of alkyl halides is 1. The lowest BCUT2D eigenvalue weighted by molar-refractivity contribution is 0.294. The molecule has 0 saturated carbocycles. The first-order valence-corrected chi connectivity index (χ1v) is 7.16. The van der Waals surface area contributed by atoms with Gasteiger partial charge in [0.1, 0.15) is 18.1 Å². The lowest BCUT2D eigenvalue weighted by atomic mass is 10.2. The van der Waals surface area contributed by atoms with Crippen LogP contribution in [0.15, 0.2) is 46.9 Å². The highest BCUT2D eigenvalue weighted by atomic mass is 79.9. The Balaban J connectivity index is 2.16. The third-order valence-electron chi connectivity index (χ3n) is 2.74. The Morgan fingerprint density at radius 3 is 2.58 bits per heavy atom. The molecule has 0 unspecified atom stereocenters. The van der Waals surface area contributed by atoms with Crippen molar-refractivity contribution in [1.82, 2.24) is 0 Å². The van der Waals surface area contributed by atoms with E-state index < -0.39 is 0 Å². The molecule has 0 atom stereocenters. The van der Waals surface area contributed by atoms with Gasteiger partial charge in [-0.2, -0.15) is 0 Å². The van der Waals surface area contributed by atoms with E-state index in [4.69, 9.17) is 21.1 Å². The summed E-state index contributed by atoms with van der Waals surface area (Å²) >= 11 is 9.33. The quantitative estimate of drug-likeness (QED) is 0.729. The Kier molecular flexibility index (Phi) is 5.11. The number of rotatable bonds is 5. The van der Waals surface area contributed by atoms with Crippen LogP contribution in [0.25, 0.3) is 0 Å². The largest absolute Gasteiger partial charge is 0.496 e. The molecule has 0 fully saturated rings. The zero-order chi connectivity index (χ0) is 13.7. The van der Waals surface area contributed by atoms with Gasteiger partial charge in [0.25, 0.3) is 0 Å². The standard InChI is InChI=1S/C15H14BrClO2/c1-18-14-7-6-13(16)8-12(14)10-19-15-5-3-2-4-11(15)9-17/h2-8H,9-10H2,1H3. The van der Waals surface area contributed by atoms with Gasteiger partial charge in [-0.15, -0.1) is 11.6 Å². The molecule has 0 aliphatic rings. The Bertz CT molecular complexity index is 558. The number of halogens is 2. The summed E-state index contributed by atoms with van der Waals surface area (Å²) < 4.78 is 12.1. The van der Waals surface area contributed by atoms with Crippen molar-refractivity contribution in [3.8, 4) is 11.5 Å². The number of methoxy groups -OCH3 is 1. The second kappa shape index (κ2) is 6.83. The van der Waals surface area contributed by atoms with E-state index in [0.29, 0.717) is 12.5 Å². The van der Waals surface area contributed by atoms with Gasteiger partial charge < -0.3 is 9.47 Å². The number of hydrogen-bond donors (Lipinski definition) is 0. The van der Waals surface area contributed by atoms with E-state index in [1.54, 1.807) is 7.11 Å². The van der Waals surface area contributed by atoms with Crippen molar-refractivity contribution >= 4 is 27.5 Å². The zero-order valence-corrected chi connectivity index (χ0v) is 12.9. The third kappa shape index (κ3) is 3.64. The van der Waals surface area contributed by atoms with Gasteiger partial charge in [0.2, 0.25) is 0 Å². The average Bonchev–Trinajstić information content (AvgIpc) is 2.45. The molecule has 2 aromatic rings. The molecule has 2 rings (SSSR count). The second-order valence-electron chi connectivity index (χ2n) is 3.99. The molecule has 0 saturated heterocycles. The van der Waals surface area contributed by atoms with Crippen LogP contribution in [0.1, 0.15) is 11.1 Å². The van der Waals surface area contributed by atoms with Crippen molar-refractivity contribution in [2.75, 3.05) is 7.11 Å². The Morgan fingerprint density at radius 1 is 1.05 bits per heavy atom. The van der Waals surface area contributed by atoms with Crippen molar-refractivity contribution in [3.05, 3.63) is 58.1 Å². The fourth-order valence-electron chi connectivity index (χ4n) is 1.77. The molecule has 0 radical (unpaired) electrons. The maximum absolute atomic E-state index is 5.89. The number of ether oxygens (including phenoxy) is 2. The molecule has 19 heavy (non-hydrogen) atoms. The molecule has 0 spiro atoms. The predicted octanol–water partition coefficient (Wildman–Crippen LogP) is 4.78. The van der Waals surface area contributed by atoms with Gasteiger partial charge in [-0.1, -0.05) is 34.1 Å². The van der Waals surface area contributed by atoms with E-state index in [2.05, 4.69) is 15.9 Å². The van der Waals surface area contributed by atoms with E-state index in [-0.39, 0.29) is 0 Å². The summed E-state index contributed by atoms with van der Waals surface area (Å²) in [6.45, 7) is 0.441. The van der Waals surface area contributed by atoms with Crippen LogP contribution in [0.3, 0.4) is 0 Å². The first-order chi connectivity index (χ1) is 9.24. The first-order valence-electron chi connectivity index (χ1n) is 5.83. The highest BCUT2D eigenvalue weighted by molar-refractivity contribution is 9.10. The normalized spacial score (nSPS) is 10.3. The maximum Gasteiger partial charge on any atom is 0.125 e. The van der Waals surface area contributed by atoms with E-state index in [0.717, 1.165) is 27.1 Å². The minimum atomic E-state index is 0.436. The highest BCUT2D eigenvalue weighted by Crippen LogP contribution is 2.26. The van der Waals surface area contributed by atoms with Crippen LogP contribution in [-0.2, 0) is 12.5 Å². The van der Waals surface area contributed by atoms with Crippen molar-refractivity contribution < 1.29 is 9.47 Å². The number of para-hydroxylation sites is 1. The SMILES string of the molecule is COc1ccc(Br)cc1COc1ccccc1CCl. The van der Waals surface area contributed by atoms with Gasteiger partial charge in [-0.3, -0.25) is 0 Å². The molecule has 100 valence electrons. The Hall–Kier alpha value is -1.19. The van der Waals surface area contributed by atoms with Crippen LogP contribution < -0.4 is 9.47 Å². The van der Waals surface area contributed by atoms with Crippen molar-refractivity contribution in [1.29, 1.82) is 0 Å². The molecule has 2 nitrogen and oxygen atoms in total. The number of benzene rings is 2. The number of hydrogen-bond acceptors (Lipinski definition) is 2. The van der Waals surface area contributed by atoms with Gasteiger partial charge in [0.05, 0.1) is 13.0 Å². The van der Waals surface area contributed by atoms with Gasteiger partial charge in [-0.25, -0.2) is 0 Å². The summed E-state index contributed by atoms with van der Waals surface area (Å²) in [7, 11) is 1.65. The van der Waals surface area contributed by atoms with Crippen molar-refractivity contribution in [2.24, 2.45) is 0 Å². The molecule has 0 N–H and O–H groups in total. The summed E-state index contributed by atoms with van der Waals surface area (Å²) in [6, 6.07) is 13.6. The topological polar surface area (TPSA) is 18.5 Å². The minimum absolute atomic E-state index is 0.436. The van der Waals surface area contributed by atoms with Crippen LogP contribution in [-0.4, -0.2) is 7.11 Å². The summed E-state index contributed by atoms with van der Waals surface area (Å²) in [4.78, 5) is 0. The Morgan fingerprint density at radius 2 is 1.84 bits per heavy atom. The minimum Gasteiger partial charge on any atom is -0.496 e.